The lowest BCUT2D eigenvalue weighted by Gasteiger charge is -2.47. The molecule has 0 amide bonds. The van der Waals surface area contributed by atoms with Gasteiger partial charge < -0.3 is 14.0 Å². The first kappa shape index (κ1) is 28.9. The van der Waals surface area contributed by atoms with E-state index in [1.165, 1.54) is 60.3 Å². The second-order valence-electron chi connectivity index (χ2n) is 13.7. The molecule has 244 valence electrons. The van der Waals surface area contributed by atoms with E-state index in [0.717, 1.165) is 22.7 Å². The van der Waals surface area contributed by atoms with Crippen LogP contribution in [-0.4, -0.2) is 9.13 Å². The van der Waals surface area contributed by atoms with Gasteiger partial charge in [-0.05, 0) is 66.2 Å². The van der Waals surface area contributed by atoms with Crippen molar-refractivity contribution in [1.29, 1.82) is 0 Å². The highest BCUT2D eigenvalue weighted by Gasteiger charge is 2.47. The lowest BCUT2D eigenvalue weighted by molar-refractivity contribution is 0.544. The van der Waals surface area contributed by atoms with Gasteiger partial charge >= 0.3 is 0 Å². The number of fused-ring (bicyclic) bond motifs is 8. The van der Waals surface area contributed by atoms with Crippen molar-refractivity contribution in [3.05, 3.63) is 217 Å². The lowest BCUT2D eigenvalue weighted by Crippen LogP contribution is -2.42. The Kier molecular flexibility index (Phi) is 6.17. The molecule has 1 aliphatic heterocycles. The predicted molar refractivity (Wildman–Crippen MR) is 217 cm³/mol. The number of hydrogen-bond donors (Lipinski definition) is 0. The zero-order chi connectivity index (χ0) is 34.2. The first-order valence-electron chi connectivity index (χ1n) is 18.0. The van der Waals surface area contributed by atoms with Crippen LogP contribution in [0, 0.1) is 0 Å². The van der Waals surface area contributed by atoms with E-state index in [1.807, 2.05) is 0 Å². The zero-order valence-electron chi connectivity index (χ0n) is 28.4. The summed E-state index contributed by atoms with van der Waals surface area (Å²) in [5.41, 5.74) is 12.5. The van der Waals surface area contributed by atoms with E-state index >= 15 is 0 Å². The topological polar surface area (TPSA) is 13.1 Å². The van der Waals surface area contributed by atoms with Crippen LogP contribution >= 0.6 is 0 Å². The normalized spacial score (nSPS) is 13.5. The van der Waals surface area contributed by atoms with Gasteiger partial charge in [-0.3, -0.25) is 0 Å². The molecule has 0 saturated heterocycles. The fourth-order valence-corrected chi connectivity index (χ4v) is 9.10. The number of hydrogen-bond acceptors (Lipinski definition) is 1. The molecule has 0 aliphatic carbocycles. The standard InChI is InChI=1S/C49H33N3/c1-2-16-34(17-3-1)49(52-45-26-12-6-20-39(45)40-21-7-13-27-46(40)52)41-22-8-14-28-47(41)51(48-29-15-9-23-42(48)49)36-32-30-35(31-33-36)50-43-24-10-4-18-37(43)38-19-5-11-25-44(38)50/h1-33H. The minimum Gasteiger partial charge on any atom is -0.322 e. The average Bonchev–Trinajstić information content (AvgIpc) is 3.74. The van der Waals surface area contributed by atoms with Crippen LogP contribution in [0.1, 0.15) is 16.7 Å². The van der Waals surface area contributed by atoms with Crippen LogP contribution in [0.3, 0.4) is 0 Å². The summed E-state index contributed by atoms with van der Waals surface area (Å²) < 4.78 is 4.99. The monoisotopic (exact) mass is 663 g/mol. The van der Waals surface area contributed by atoms with Crippen molar-refractivity contribution in [2.45, 2.75) is 5.54 Å². The first-order valence-corrected chi connectivity index (χ1v) is 18.0. The van der Waals surface area contributed by atoms with Gasteiger partial charge in [0.1, 0.15) is 5.54 Å². The maximum absolute atomic E-state index is 2.60. The molecule has 0 bridgehead atoms. The lowest BCUT2D eigenvalue weighted by atomic mass is 9.72. The largest absolute Gasteiger partial charge is 0.322 e. The summed E-state index contributed by atoms with van der Waals surface area (Å²) >= 11 is 0. The molecule has 10 aromatic rings. The van der Waals surface area contributed by atoms with E-state index in [9.17, 15) is 0 Å². The van der Waals surface area contributed by atoms with E-state index in [4.69, 9.17) is 0 Å². The highest BCUT2D eigenvalue weighted by atomic mass is 15.2. The van der Waals surface area contributed by atoms with Crippen molar-refractivity contribution < 1.29 is 0 Å². The Labute approximate surface area is 301 Å². The van der Waals surface area contributed by atoms with Crippen LogP contribution in [0.2, 0.25) is 0 Å². The van der Waals surface area contributed by atoms with Crippen LogP contribution in [0.15, 0.2) is 200 Å². The molecule has 52 heavy (non-hydrogen) atoms. The summed E-state index contributed by atoms with van der Waals surface area (Å²) in [4.78, 5) is 2.45. The molecular weight excluding hydrogens is 631 g/mol. The van der Waals surface area contributed by atoms with Gasteiger partial charge in [-0.2, -0.15) is 0 Å². The third-order valence-electron chi connectivity index (χ3n) is 11.1. The van der Waals surface area contributed by atoms with Crippen molar-refractivity contribution in [2.75, 3.05) is 4.90 Å². The molecule has 3 heteroatoms. The number of anilines is 3. The molecule has 3 nitrogen and oxygen atoms in total. The number of para-hydroxylation sites is 6. The molecule has 1 aliphatic rings. The maximum atomic E-state index is 2.60. The Hall–Kier alpha value is -6.84. The Morgan fingerprint density at radius 2 is 0.692 bits per heavy atom. The molecule has 0 spiro atoms. The van der Waals surface area contributed by atoms with E-state index in [-0.39, 0.29) is 0 Å². The summed E-state index contributed by atoms with van der Waals surface area (Å²) in [6.07, 6.45) is 0. The molecule has 0 atom stereocenters. The molecule has 0 saturated carbocycles. The SMILES string of the molecule is c1ccc(C2(n3c4ccccc4c4ccccc43)c3ccccc3N(c3ccc(-n4c5ccccc5c5ccccc54)cc3)c3ccccc32)cc1. The number of nitrogens with zero attached hydrogens (tertiary/aromatic N) is 3. The fourth-order valence-electron chi connectivity index (χ4n) is 9.10. The third-order valence-corrected chi connectivity index (χ3v) is 11.1. The van der Waals surface area contributed by atoms with Crippen LogP contribution in [0.4, 0.5) is 17.1 Å². The first-order chi connectivity index (χ1) is 25.8. The van der Waals surface area contributed by atoms with Gasteiger partial charge in [0, 0.05) is 44.0 Å². The third kappa shape index (κ3) is 3.85. The van der Waals surface area contributed by atoms with Crippen LogP contribution < -0.4 is 4.90 Å². The minimum absolute atomic E-state index is 0.656. The Morgan fingerprint density at radius 3 is 1.21 bits per heavy atom. The Balaban J connectivity index is 1.19. The number of aromatic nitrogens is 2. The highest BCUT2D eigenvalue weighted by molar-refractivity contribution is 6.10. The van der Waals surface area contributed by atoms with Gasteiger partial charge in [-0.25, -0.2) is 0 Å². The number of benzene rings is 8. The van der Waals surface area contributed by atoms with Gasteiger partial charge in [-0.1, -0.05) is 140 Å². The average molecular weight is 664 g/mol. The van der Waals surface area contributed by atoms with Gasteiger partial charge in [0.05, 0.1) is 33.4 Å². The molecule has 0 radical (unpaired) electrons. The minimum atomic E-state index is -0.656. The van der Waals surface area contributed by atoms with Crippen molar-refractivity contribution in [3.63, 3.8) is 0 Å². The van der Waals surface area contributed by atoms with Gasteiger partial charge in [0.2, 0.25) is 0 Å². The smallest absolute Gasteiger partial charge is 0.125 e. The quantitative estimate of drug-likeness (QED) is 0.183. The molecule has 3 heterocycles. The zero-order valence-corrected chi connectivity index (χ0v) is 28.4. The molecule has 11 rings (SSSR count). The van der Waals surface area contributed by atoms with Gasteiger partial charge in [-0.15, -0.1) is 0 Å². The fraction of sp³-hybridized carbons (Fsp3) is 0.0204. The van der Waals surface area contributed by atoms with E-state index in [1.54, 1.807) is 0 Å². The van der Waals surface area contributed by atoms with Gasteiger partial charge in [0.25, 0.3) is 0 Å². The van der Waals surface area contributed by atoms with Crippen molar-refractivity contribution in [1.82, 2.24) is 9.13 Å². The van der Waals surface area contributed by atoms with Crippen LogP contribution in [0.25, 0.3) is 49.3 Å². The molecule has 2 aromatic heterocycles. The second kappa shape index (κ2) is 11.1. The van der Waals surface area contributed by atoms with Crippen LogP contribution in [-0.2, 0) is 5.54 Å². The highest BCUT2D eigenvalue weighted by Crippen LogP contribution is 2.57. The van der Waals surface area contributed by atoms with E-state index in [2.05, 4.69) is 214 Å². The summed E-state index contributed by atoms with van der Waals surface area (Å²) in [7, 11) is 0. The molecule has 0 unspecified atom stereocenters. The second-order valence-corrected chi connectivity index (χ2v) is 13.7. The molecular formula is C49H33N3. The van der Waals surface area contributed by atoms with Crippen LogP contribution in [0.5, 0.6) is 0 Å². The van der Waals surface area contributed by atoms with Gasteiger partial charge in [0.15, 0.2) is 0 Å². The van der Waals surface area contributed by atoms with E-state index < -0.39 is 5.54 Å². The summed E-state index contributed by atoms with van der Waals surface area (Å²) in [6, 6.07) is 73.3. The summed E-state index contributed by atoms with van der Waals surface area (Å²) in [5.74, 6) is 0. The van der Waals surface area contributed by atoms with E-state index in [0.29, 0.717) is 0 Å². The predicted octanol–water partition coefficient (Wildman–Crippen LogP) is 12.5. The molecule has 8 aromatic carbocycles. The maximum Gasteiger partial charge on any atom is 0.125 e. The van der Waals surface area contributed by atoms with Crippen molar-refractivity contribution in [3.8, 4) is 5.69 Å². The van der Waals surface area contributed by atoms with Crippen molar-refractivity contribution >= 4 is 60.7 Å². The Bertz CT molecular complexity index is 2810. The summed E-state index contributed by atoms with van der Waals surface area (Å²) in [5, 5.41) is 5.05. The Morgan fingerprint density at radius 1 is 0.308 bits per heavy atom. The molecule has 0 N–H and O–H groups in total. The van der Waals surface area contributed by atoms with Crippen molar-refractivity contribution in [2.24, 2.45) is 0 Å². The number of rotatable bonds is 4. The molecule has 0 fully saturated rings. The summed E-state index contributed by atoms with van der Waals surface area (Å²) in [6.45, 7) is 0.